The van der Waals surface area contributed by atoms with Crippen LogP contribution in [0.15, 0.2) is 16.1 Å². The summed E-state index contributed by atoms with van der Waals surface area (Å²) >= 11 is 5.61. The average Bonchev–Trinajstić information content (AvgIpc) is 2.34. The van der Waals surface area contributed by atoms with E-state index in [1.165, 1.54) is 10.8 Å². The highest BCUT2D eigenvalue weighted by molar-refractivity contribution is 8.68. The molecule has 2 nitrogen and oxygen atoms in total. The number of thioether (sulfide) groups is 1. The van der Waals surface area contributed by atoms with E-state index in [4.69, 9.17) is 0 Å². The van der Waals surface area contributed by atoms with Crippen LogP contribution in [0.1, 0.15) is 0 Å². The molecule has 0 saturated heterocycles. The number of hydrogen-bond acceptors (Lipinski definition) is 4. The topological polar surface area (TPSA) is 28.7 Å². The number of nitrogens with one attached hydrogen (secondary N) is 1. The second kappa shape index (κ2) is 3.43. The number of rotatable bonds is 2. The van der Waals surface area contributed by atoms with E-state index >= 15 is 0 Å². The maximum absolute atomic E-state index is 4.00. The summed E-state index contributed by atoms with van der Waals surface area (Å²) < 4.78 is 0. The maximum Gasteiger partial charge on any atom is 0.119 e. The smallest absolute Gasteiger partial charge is 0.119 e. The minimum atomic E-state index is 0.989. The number of H-pyrrole nitrogens is 1. The van der Waals surface area contributed by atoms with Crippen LogP contribution in [0.25, 0.3) is 0 Å². The summed E-state index contributed by atoms with van der Waals surface area (Å²) in [5.74, 6) is 0. The lowest BCUT2D eigenvalue weighted by Gasteiger charge is -1.79. The van der Waals surface area contributed by atoms with Crippen molar-refractivity contribution in [2.24, 2.45) is 0 Å². The maximum atomic E-state index is 4.00. The van der Waals surface area contributed by atoms with Crippen molar-refractivity contribution in [2.75, 3.05) is 6.26 Å². The van der Waals surface area contributed by atoms with E-state index in [9.17, 15) is 0 Å². The largest absolute Gasteiger partial charge is 0.270 e. The first kappa shape index (κ1) is 7.37. The van der Waals surface area contributed by atoms with Crippen LogP contribution in [-0.2, 0) is 0 Å². The molecule has 0 bridgehead atoms. The monoisotopic (exact) mass is 178 g/mol. The normalized spacial score (nSPS) is 10.0. The molecule has 1 heterocycles. The van der Waals surface area contributed by atoms with Gasteiger partial charge in [0.15, 0.2) is 0 Å². The van der Waals surface area contributed by atoms with Gasteiger partial charge in [0.25, 0.3) is 0 Å². The van der Waals surface area contributed by atoms with Crippen molar-refractivity contribution in [3.63, 3.8) is 0 Å². The lowest BCUT2D eigenvalue weighted by molar-refractivity contribution is 0.958. The third kappa shape index (κ3) is 1.84. The molecular weight excluding hydrogens is 172 g/mol. The highest BCUT2D eigenvalue weighted by Gasteiger charge is 1.95. The Labute approximate surface area is 67.0 Å². The molecule has 0 aromatic carbocycles. The van der Waals surface area contributed by atoms with Gasteiger partial charge in [0.2, 0.25) is 0 Å². The van der Waals surface area contributed by atoms with Gasteiger partial charge in [0.1, 0.15) is 10.1 Å². The molecule has 50 valence electrons. The Kier molecular flexibility index (Phi) is 2.81. The van der Waals surface area contributed by atoms with Crippen molar-refractivity contribution in [3.8, 4) is 0 Å². The summed E-state index contributed by atoms with van der Waals surface area (Å²) in [6.45, 7) is 0. The molecule has 9 heavy (non-hydrogen) atoms. The number of aromatic amines is 1. The predicted molar refractivity (Wildman–Crippen MR) is 45.2 cm³/mol. The molecule has 5 heteroatoms. The Morgan fingerprint density at radius 1 is 1.78 bits per heavy atom. The van der Waals surface area contributed by atoms with Crippen LogP contribution in [0.4, 0.5) is 0 Å². The number of aromatic nitrogens is 2. The molecule has 0 atom stereocenters. The predicted octanol–water partition coefficient (Wildman–Crippen LogP) is 2.07. The van der Waals surface area contributed by atoms with Crippen molar-refractivity contribution in [3.05, 3.63) is 6.07 Å². The van der Waals surface area contributed by atoms with Crippen LogP contribution in [-0.4, -0.2) is 16.5 Å². The van der Waals surface area contributed by atoms with E-state index in [1.807, 2.05) is 12.3 Å². The zero-order valence-corrected chi connectivity index (χ0v) is 7.32. The zero-order valence-electron chi connectivity index (χ0n) is 4.79. The van der Waals surface area contributed by atoms with Crippen LogP contribution in [0.5, 0.6) is 0 Å². The second-order valence-corrected chi connectivity index (χ2v) is 3.36. The van der Waals surface area contributed by atoms with Crippen LogP contribution in [0.2, 0.25) is 0 Å². The van der Waals surface area contributed by atoms with Gasteiger partial charge in [-0.2, -0.15) is 5.10 Å². The summed E-state index contributed by atoms with van der Waals surface area (Å²) in [4.78, 5) is 0. The van der Waals surface area contributed by atoms with E-state index in [-0.39, 0.29) is 0 Å². The van der Waals surface area contributed by atoms with Crippen molar-refractivity contribution in [1.82, 2.24) is 10.2 Å². The van der Waals surface area contributed by atoms with Gasteiger partial charge in [-0.25, -0.2) is 0 Å². The fourth-order valence-corrected chi connectivity index (χ4v) is 1.42. The standard InChI is InChI=1S/C4H6N2S3/c1-8-3-2-4(9-7)6-5-3/h2,7H,1H3,(H,5,6). The Hall–Kier alpha value is 0.260. The Bertz CT molecular complexity index is 167. The SMILES string of the molecule is CSc1cc(SS)[nH]n1. The highest BCUT2D eigenvalue weighted by atomic mass is 33.1. The number of thiol groups is 1. The van der Waals surface area contributed by atoms with Crippen molar-refractivity contribution in [2.45, 2.75) is 10.1 Å². The zero-order chi connectivity index (χ0) is 6.69. The minimum absolute atomic E-state index is 0.989. The van der Waals surface area contributed by atoms with Gasteiger partial charge >= 0.3 is 0 Å². The van der Waals surface area contributed by atoms with E-state index in [0.29, 0.717) is 0 Å². The molecule has 0 aliphatic carbocycles. The van der Waals surface area contributed by atoms with Crippen LogP contribution < -0.4 is 0 Å². The molecule has 1 N–H and O–H groups in total. The molecule has 0 fully saturated rings. The second-order valence-electron chi connectivity index (χ2n) is 1.37. The molecule has 1 aromatic rings. The van der Waals surface area contributed by atoms with Gasteiger partial charge in [0, 0.05) is 6.07 Å². The fraction of sp³-hybridized carbons (Fsp3) is 0.250. The number of hydrogen-bond donors (Lipinski definition) is 2. The van der Waals surface area contributed by atoms with Gasteiger partial charge in [-0.05, 0) is 17.0 Å². The van der Waals surface area contributed by atoms with Crippen LogP contribution in [0.3, 0.4) is 0 Å². The van der Waals surface area contributed by atoms with E-state index in [2.05, 4.69) is 21.9 Å². The van der Waals surface area contributed by atoms with E-state index < -0.39 is 0 Å². The summed E-state index contributed by atoms with van der Waals surface area (Å²) in [6.07, 6.45) is 1.99. The lowest BCUT2D eigenvalue weighted by atomic mass is 10.7. The molecule has 0 radical (unpaired) electrons. The summed E-state index contributed by atoms with van der Waals surface area (Å²) in [7, 11) is 1.37. The number of nitrogens with zero attached hydrogens (tertiary/aromatic N) is 1. The Morgan fingerprint density at radius 3 is 2.89 bits per heavy atom. The van der Waals surface area contributed by atoms with Crippen LogP contribution >= 0.6 is 34.2 Å². The third-order valence-electron chi connectivity index (χ3n) is 0.838. The highest BCUT2D eigenvalue weighted by Crippen LogP contribution is 2.22. The van der Waals surface area contributed by atoms with Gasteiger partial charge in [0.05, 0.1) is 0 Å². The molecule has 0 aliphatic rings. The molecule has 1 rings (SSSR count). The minimum Gasteiger partial charge on any atom is -0.270 e. The van der Waals surface area contributed by atoms with Gasteiger partial charge in [-0.15, -0.1) is 23.4 Å². The molecule has 0 saturated carbocycles. The molecule has 0 spiro atoms. The van der Waals surface area contributed by atoms with Crippen molar-refractivity contribution in [1.29, 1.82) is 0 Å². The summed E-state index contributed by atoms with van der Waals surface area (Å²) in [6, 6.07) is 1.96. The molecule has 0 aliphatic heterocycles. The lowest BCUT2D eigenvalue weighted by Crippen LogP contribution is -1.66. The Morgan fingerprint density at radius 2 is 2.56 bits per heavy atom. The van der Waals surface area contributed by atoms with E-state index in [0.717, 1.165) is 10.1 Å². The first-order valence-corrected chi connectivity index (χ1v) is 5.37. The summed E-state index contributed by atoms with van der Waals surface area (Å²) in [5.41, 5.74) is 0. The van der Waals surface area contributed by atoms with Crippen molar-refractivity contribution >= 4 is 34.2 Å². The first-order chi connectivity index (χ1) is 4.36. The quantitative estimate of drug-likeness (QED) is 0.412. The Balaban J connectivity index is 2.74. The molecule has 1 aromatic heterocycles. The summed E-state index contributed by atoms with van der Waals surface area (Å²) in [5, 5.41) is 8.79. The molecule has 0 unspecified atom stereocenters. The first-order valence-electron chi connectivity index (χ1n) is 2.27. The van der Waals surface area contributed by atoms with Gasteiger partial charge < -0.3 is 0 Å². The molecular formula is C4H6N2S3. The van der Waals surface area contributed by atoms with Gasteiger partial charge in [-0.3, -0.25) is 5.10 Å². The molecule has 0 amide bonds. The van der Waals surface area contributed by atoms with E-state index in [1.54, 1.807) is 11.8 Å². The average molecular weight is 178 g/mol. The van der Waals surface area contributed by atoms with Gasteiger partial charge in [-0.1, -0.05) is 0 Å². The third-order valence-corrected chi connectivity index (χ3v) is 2.46. The fourth-order valence-electron chi connectivity index (χ4n) is 0.438. The van der Waals surface area contributed by atoms with Crippen LogP contribution in [0, 0.1) is 0 Å². The van der Waals surface area contributed by atoms with Crippen molar-refractivity contribution < 1.29 is 0 Å².